The Balaban J connectivity index is 0.000000220. The van der Waals surface area contributed by atoms with Crippen molar-refractivity contribution in [2.75, 3.05) is 13.1 Å². The molecule has 5 aromatic rings. The fourth-order valence-electron chi connectivity index (χ4n) is 6.94. The first-order valence-corrected chi connectivity index (χ1v) is 15.4. The highest BCUT2D eigenvalue weighted by Gasteiger charge is 2.21. The van der Waals surface area contributed by atoms with Crippen molar-refractivity contribution in [1.82, 2.24) is 15.1 Å². The van der Waals surface area contributed by atoms with Crippen LogP contribution in [0.3, 0.4) is 0 Å². The van der Waals surface area contributed by atoms with Crippen LogP contribution in [0.1, 0.15) is 59.9 Å². The zero-order valence-corrected chi connectivity index (χ0v) is 24.1. The SMILES string of the molecule is C1=CC2=C(CC1)CCc1c2ccc2cccc(Cc3ccc(CN4CCCC4)cc3)c12.O=c1[nH]ncc2ccccc12. The first-order chi connectivity index (χ1) is 20.7. The summed E-state index contributed by atoms with van der Waals surface area (Å²) in [6, 6.07) is 28.3. The van der Waals surface area contributed by atoms with Crippen LogP contribution in [0.2, 0.25) is 0 Å². The van der Waals surface area contributed by atoms with Gasteiger partial charge in [0.2, 0.25) is 0 Å². The Labute approximate surface area is 247 Å². The number of likely N-dealkylation sites (tertiary alicyclic amines) is 1. The van der Waals surface area contributed by atoms with E-state index in [0.29, 0.717) is 5.39 Å². The molecule has 1 fully saturated rings. The molecule has 1 aliphatic heterocycles. The lowest BCUT2D eigenvalue weighted by Crippen LogP contribution is -2.18. The maximum Gasteiger partial charge on any atom is 0.272 e. The summed E-state index contributed by atoms with van der Waals surface area (Å²) in [5.41, 5.74) is 10.4. The number of nitrogens with one attached hydrogen (secondary N) is 1. The number of nitrogens with zero attached hydrogens (tertiary/aromatic N) is 2. The molecule has 2 aliphatic carbocycles. The van der Waals surface area contributed by atoms with Crippen molar-refractivity contribution in [1.29, 1.82) is 0 Å². The van der Waals surface area contributed by atoms with Crippen LogP contribution in [0, 0.1) is 0 Å². The standard InChI is InChI=1S/C30H31N.C8H6N2O/c1-2-9-27-24(6-1)14-17-29-28(27)16-15-25-7-5-8-26(30(25)29)20-22-10-12-23(13-11-22)21-31-18-3-4-19-31;11-8-7-4-2-1-3-6(7)5-9-10-8/h2,5,7-13,15-16H,1,3-4,6,14,17-21H2;1-5H,(H,10,11). The van der Waals surface area contributed by atoms with Crippen molar-refractivity contribution < 1.29 is 0 Å². The quantitative estimate of drug-likeness (QED) is 0.246. The molecule has 4 nitrogen and oxygen atoms in total. The number of rotatable bonds is 4. The van der Waals surface area contributed by atoms with Crippen LogP contribution in [0.25, 0.3) is 27.1 Å². The van der Waals surface area contributed by atoms with E-state index in [1.165, 1.54) is 90.2 Å². The van der Waals surface area contributed by atoms with E-state index in [4.69, 9.17) is 0 Å². The highest BCUT2D eigenvalue weighted by molar-refractivity contribution is 5.96. The summed E-state index contributed by atoms with van der Waals surface area (Å²) >= 11 is 0. The first kappa shape index (κ1) is 26.6. The van der Waals surface area contributed by atoms with E-state index in [0.717, 1.165) is 18.4 Å². The summed E-state index contributed by atoms with van der Waals surface area (Å²) in [5.74, 6) is 0. The Morgan fingerprint density at radius 2 is 1.60 bits per heavy atom. The summed E-state index contributed by atoms with van der Waals surface area (Å²) in [5, 5.41) is 10.5. The average Bonchev–Trinajstić information content (AvgIpc) is 3.55. The Morgan fingerprint density at radius 1 is 0.786 bits per heavy atom. The van der Waals surface area contributed by atoms with Gasteiger partial charge >= 0.3 is 0 Å². The summed E-state index contributed by atoms with van der Waals surface area (Å²) in [6.07, 6.45) is 15.0. The van der Waals surface area contributed by atoms with Gasteiger partial charge in [0.05, 0.1) is 6.20 Å². The predicted octanol–water partition coefficient (Wildman–Crippen LogP) is 8.00. The Kier molecular flexibility index (Phi) is 7.55. The molecule has 4 aromatic carbocycles. The molecule has 0 unspecified atom stereocenters. The molecule has 4 heteroatoms. The van der Waals surface area contributed by atoms with Gasteiger partial charge in [-0.1, -0.05) is 90.5 Å². The van der Waals surface area contributed by atoms with E-state index >= 15 is 0 Å². The normalized spacial score (nSPS) is 16.3. The number of hydrogen-bond donors (Lipinski definition) is 1. The molecule has 0 spiro atoms. The fraction of sp³-hybridized carbons (Fsp3) is 0.263. The van der Waals surface area contributed by atoms with Gasteiger partial charge < -0.3 is 0 Å². The number of H-pyrrole nitrogens is 1. The molecular formula is C38H37N3O. The van der Waals surface area contributed by atoms with Crippen molar-refractivity contribution >= 4 is 27.1 Å². The topological polar surface area (TPSA) is 49.0 Å². The number of aromatic amines is 1. The van der Waals surface area contributed by atoms with Gasteiger partial charge in [0.15, 0.2) is 0 Å². The van der Waals surface area contributed by atoms with Gasteiger partial charge in [-0.15, -0.1) is 0 Å². The number of allylic oxidation sites excluding steroid dienone is 4. The van der Waals surface area contributed by atoms with Gasteiger partial charge in [-0.3, -0.25) is 9.69 Å². The molecule has 1 saturated heterocycles. The minimum absolute atomic E-state index is 0.136. The maximum atomic E-state index is 11.1. The van der Waals surface area contributed by atoms with E-state index < -0.39 is 0 Å². The molecule has 210 valence electrons. The molecule has 0 bridgehead atoms. The maximum absolute atomic E-state index is 11.1. The molecule has 42 heavy (non-hydrogen) atoms. The zero-order valence-electron chi connectivity index (χ0n) is 24.1. The van der Waals surface area contributed by atoms with Crippen molar-refractivity contribution in [3.05, 3.63) is 141 Å². The molecule has 2 heterocycles. The van der Waals surface area contributed by atoms with E-state index in [-0.39, 0.29) is 5.56 Å². The lowest BCUT2D eigenvalue weighted by molar-refractivity contribution is 0.331. The molecular weight excluding hydrogens is 514 g/mol. The highest BCUT2D eigenvalue weighted by Crippen LogP contribution is 2.41. The first-order valence-electron chi connectivity index (χ1n) is 15.4. The van der Waals surface area contributed by atoms with Crippen LogP contribution in [-0.2, 0) is 19.4 Å². The van der Waals surface area contributed by atoms with Gasteiger partial charge in [-0.05, 0) is 108 Å². The van der Waals surface area contributed by atoms with E-state index in [1.54, 1.807) is 23.4 Å². The smallest absolute Gasteiger partial charge is 0.272 e. The van der Waals surface area contributed by atoms with Gasteiger partial charge in [0.25, 0.3) is 5.56 Å². The minimum atomic E-state index is -0.136. The largest absolute Gasteiger partial charge is 0.299 e. The number of aryl methyl sites for hydroxylation is 1. The second-order valence-corrected chi connectivity index (χ2v) is 11.8. The summed E-state index contributed by atoms with van der Waals surface area (Å²) in [6.45, 7) is 3.62. The monoisotopic (exact) mass is 551 g/mol. The average molecular weight is 552 g/mol. The summed E-state index contributed by atoms with van der Waals surface area (Å²) in [4.78, 5) is 13.6. The van der Waals surface area contributed by atoms with Crippen molar-refractivity contribution in [2.45, 2.75) is 51.5 Å². The third-order valence-corrected chi connectivity index (χ3v) is 9.08. The molecule has 3 aliphatic rings. The molecule has 8 rings (SSSR count). The molecule has 0 amide bonds. The Bertz CT molecular complexity index is 1850. The minimum Gasteiger partial charge on any atom is -0.299 e. The Morgan fingerprint density at radius 3 is 2.45 bits per heavy atom. The van der Waals surface area contributed by atoms with Crippen LogP contribution in [-0.4, -0.2) is 28.2 Å². The fourth-order valence-corrected chi connectivity index (χ4v) is 6.94. The number of benzene rings is 4. The lowest BCUT2D eigenvalue weighted by atomic mass is 9.78. The molecule has 0 radical (unpaired) electrons. The van der Waals surface area contributed by atoms with Gasteiger partial charge in [-0.25, -0.2) is 5.10 Å². The van der Waals surface area contributed by atoms with Crippen LogP contribution >= 0.6 is 0 Å². The second-order valence-electron chi connectivity index (χ2n) is 11.8. The number of fused-ring (bicyclic) bond motifs is 5. The molecule has 1 aromatic heterocycles. The van der Waals surface area contributed by atoms with Crippen LogP contribution < -0.4 is 5.56 Å². The van der Waals surface area contributed by atoms with Gasteiger partial charge in [0.1, 0.15) is 0 Å². The van der Waals surface area contributed by atoms with E-state index in [1.807, 2.05) is 18.2 Å². The van der Waals surface area contributed by atoms with Gasteiger partial charge in [0, 0.05) is 17.3 Å². The lowest BCUT2D eigenvalue weighted by Gasteiger charge is -2.26. The number of aromatic nitrogens is 2. The predicted molar refractivity (Wildman–Crippen MR) is 174 cm³/mol. The molecule has 0 saturated carbocycles. The summed E-state index contributed by atoms with van der Waals surface area (Å²) in [7, 11) is 0. The van der Waals surface area contributed by atoms with Crippen LogP contribution in [0.5, 0.6) is 0 Å². The van der Waals surface area contributed by atoms with Crippen LogP contribution in [0.15, 0.2) is 108 Å². The van der Waals surface area contributed by atoms with E-state index in [9.17, 15) is 4.79 Å². The highest BCUT2D eigenvalue weighted by atomic mass is 16.1. The van der Waals surface area contributed by atoms with E-state index in [2.05, 4.69) is 81.8 Å². The second kappa shape index (κ2) is 11.9. The van der Waals surface area contributed by atoms with Gasteiger partial charge in [-0.2, -0.15) is 5.10 Å². The van der Waals surface area contributed by atoms with Crippen molar-refractivity contribution in [3.63, 3.8) is 0 Å². The zero-order chi connectivity index (χ0) is 28.3. The third-order valence-electron chi connectivity index (χ3n) is 9.08. The summed E-state index contributed by atoms with van der Waals surface area (Å²) < 4.78 is 0. The molecule has 1 N–H and O–H groups in total. The number of hydrogen-bond acceptors (Lipinski definition) is 3. The molecule has 0 atom stereocenters. The van der Waals surface area contributed by atoms with Crippen molar-refractivity contribution in [3.8, 4) is 0 Å². The third kappa shape index (κ3) is 5.47. The Hall–Kier alpha value is -4.28. The van der Waals surface area contributed by atoms with Crippen LogP contribution in [0.4, 0.5) is 0 Å². The van der Waals surface area contributed by atoms with Crippen molar-refractivity contribution in [2.24, 2.45) is 0 Å².